The minimum Gasteiger partial charge on any atom is -0.457 e. The number of carbonyl (C=O) groups excluding carboxylic acids is 3. The third-order valence-electron chi connectivity index (χ3n) is 6.97. The molecule has 0 spiro atoms. The van der Waals surface area contributed by atoms with Crippen LogP contribution in [-0.4, -0.2) is 39.7 Å². The van der Waals surface area contributed by atoms with Crippen LogP contribution >= 0.6 is 0 Å². The Morgan fingerprint density at radius 1 is 1.03 bits per heavy atom. The molecule has 2 aromatic carbocycles. The molecule has 5 rings (SSSR count). The molecule has 1 aromatic heterocycles. The number of nitrogen functional groups attached to an aromatic ring is 1. The molecule has 2 fully saturated rings. The maximum Gasteiger partial charge on any atom is 0.243 e. The van der Waals surface area contributed by atoms with E-state index < -0.39 is 11.9 Å². The van der Waals surface area contributed by atoms with Gasteiger partial charge < -0.3 is 26.0 Å². The van der Waals surface area contributed by atoms with E-state index in [2.05, 4.69) is 22.5 Å². The van der Waals surface area contributed by atoms with Crippen LogP contribution in [0, 0.1) is 5.41 Å². The highest BCUT2D eigenvalue weighted by molar-refractivity contribution is 6.05. The van der Waals surface area contributed by atoms with Crippen LogP contribution in [0.5, 0.6) is 11.5 Å². The van der Waals surface area contributed by atoms with Crippen LogP contribution in [0.2, 0.25) is 0 Å². The predicted molar refractivity (Wildman–Crippen MR) is 138 cm³/mol. The van der Waals surface area contributed by atoms with Gasteiger partial charge in [-0.1, -0.05) is 31.2 Å². The number of benzene rings is 2. The highest BCUT2D eigenvalue weighted by Gasteiger charge is 2.64. The zero-order valence-corrected chi connectivity index (χ0v) is 20.5. The van der Waals surface area contributed by atoms with Crippen molar-refractivity contribution in [1.29, 1.82) is 0 Å². The van der Waals surface area contributed by atoms with Crippen LogP contribution in [0.4, 0.5) is 11.5 Å². The summed E-state index contributed by atoms with van der Waals surface area (Å²) >= 11 is 0. The lowest BCUT2D eigenvalue weighted by Crippen LogP contribution is -2.48. The summed E-state index contributed by atoms with van der Waals surface area (Å²) in [7, 11) is 0. The minimum atomic E-state index is -0.597. The summed E-state index contributed by atoms with van der Waals surface area (Å²) in [6.45, 7) is 2.37. The fraction of sp³-hybridized carbons (Fsp3) is 0.286. The highest BCUT2D eigenvalue weighted by atomic mass is 16.5. The van der Waals surface area contributed by atoms with Crippen LogP contribution in [0.15, 0.2) is 72.9 Å². The first kappa shape index (κ1) is 24.3. The fourth-order valence-corrected chi connectivity index (χ4v) is 4.87. The molecule has 3 amide bonds. The number of para-hydroxylation sites is 1. The zero-order valence-electron chi connectivity index (χ0n) is 20.5. The molecule has 0 unspecified atom stereocenters. The Balaban J connectivity index is 1.16. The second-order valence-corrected chi connectivity index (χ2v) is 9.87. The fourth-order valence-electron chi connectivity index (χ4n) is 4.87. The van der Waals surface area contributed by atoms with Gasteiger partial charge in [-0.3, -0.25) is 14.4 Å². The maximum absolute atomic E-state index is 13.2. The molecular weight excluding hydrogens is 470 g/mol. The predicted octanol–water partition coefficient (Wildman–Crippen LogP) is 3.48. The van der Waals surface area contributed by atoms with Crippen LogP contribution < -0.4 is 21.1 Å². The number of anilines is 2. The van der Waals surface area contributed by atoms with Crippen LogP contribution in [0.25, 0.3) is 0 Å². The molecule has 0 radical (unpaired) electrons. The molecule has 1 aliphatic heterocycles. The van der Waals surface area contributed by atoms with E-state index in [0.29, 0.717) is 29.4 Å². The Morgan fingerprint density at radius 3 is 2.46 bits per heavy atom. The summed E-state index contributed by atoms with van der Waals surface area (Å²) in [4.78, 5) is 44.4. The molecule has 190 valence electrons. The van der Waals surface area contributed by atoms with Crippen molar-refractivity contribution in [2.45, 2.75) is 44.8 Å². The van der Waals surface area contributed by atoms with Crippen molar-refractivity contribution in [3.63, 3.8) is 0 Å². The van der Waals surface area contributed by atoms with Crippen molar-refractivity contribution in [2.75, 3.05) is 11.1 Å². The molecule has 0 bridgehead atoms. The molecule has 37 heavy (non-hydrogen) atoms. The van der Waals surface area contributed by atoms with Gasteiger partial charge >= 0.3 is 0 Å². The van der Waals surface area contributed by atoms with Gasteiger partial charge in [0.2, 0.25) is 17.7 Å². The van der Waals surface area contributed by atoms with Crippen LogP contribution in [-0.2, 0) is 20.9 Å². The number of likely N-dealkylation sites (tertiary alicyclic amines) is 1. The first-order valence-corrected chi connectivity index (χ1v) is 12.2. The van der Waals surface area contributed by atoms with E-state index in [0.717, 1.165) is 12.0 Å². The van der Waals surface area contributed by atoms with Gasteiger partial charge in [0, 0.05) is 24.5 Å². The van der Waals surface area contributed by atoms with Crippen molar-refractivity contribution in [3.8, 4) is 11.5 Å². The van der Waals surface area contributed by atoms with Gasteiger partial charge in [0.05, 0.1) is 0 Å². The summed E-state index contributed by atoms with van der Waals surface area (Å²) in [5.41, 5.74) is 6.90. The summed E-state index contributed by atoms with van der Waals surface area (Å²) in [5, 5.41) is 5.65. The molecular formula is C28H29N5O4. The lowest BCUT2D eigenvalue weighted by molar-refractivity contribution is -0.141. The Kier molecular flexibility index (Phi) is 6.52. The van der Waals surface area contributed by atoms with Crippen molar-refractivity contribution in [1.82, 2.24) is 15.2 Å². The summed E-state index contributed by atoms with van der Waals surface area (Å²) in [5.74, 6) is 0.754. The van der Waals surface area contributed by atoms with Gasteiger partial charge in [-0.15, -0.1) is 0 Å². The van der Waals surface area contributed by atoms with Gasteiger partial charge in [0.25, 0.3) is 0 Å². The lowest BCUT2D eigenvalue weighted by atomic mass is 10.0. The van der Waals surface area contributed by atoms with Crippen molar-refractivity contribution < 1.29 is 19.1 Å². The van der Waals surface area contributed by atoms with E-state index in [-0.39, 0.29) is 36.2 Å². The van der Waals surface area contributed by atoms with Crippen molar-refractivity contribution >= 4 is 29.2 Å². The van der Waals surface area contributed by atoms with Crippen LogP contribution in [0.1, 0.15) is 31.7 Å². The molecule has 1 aliphatic carbocycles. The molecule has 9 nitrogen and oxygen atoms in total. The molecule has 4 N–H and O–H groups in total. The second-order valence-electron chi connectivity index (χ2n) is 9.87. The highest BCUT2D eigenvalue weighted by Crippen LogP contribution is 2.59. The topological polar surface area (TPSA) is 127 Å². The van der Waals surface area contributed by atoms with Gasteiger partial charge in [0.15, 0.2) is 0 Å². The summed E-state index contributed by atoms with van der Waals surface area (Å²) < 4.78 is 5.76. The number of rotatable bonds is 8. The van der Waals surface area contributed by atoms with Crippen molar-refractivity contribution in [3.05, 3.63) is 78.5 Å². The van der Waals surface area contributed by atoms with Crippen LogP contribution in [0.3, 0.4) is 0 Å². The van der Waals surface area contributed by atoms with E-state index in [9.17, 15) is 14.4 Å². The number of fused-ring (bicyclic) bond motifs is 1. The Labute approximate surface area is 215 Å². The lowest BCUT2D eigenvalue weighted by Gasteiger charge is -2.26. The molecule has 2 aliphatic rings. The molecule has 2 heterocycles. The molecule has 3 atom stereocenters. The maximum atomic E-state index is 13.2. The molecule has 9 heteroatoms. The SMILES string of the molecule is C[C@@]12C[C@@H]1N(C(=O)CC(=O)Nc1ccc(Oc3ccccc3)cc1)[C@H](C(=O)NCc1ccc(N)nc1)C2. The average molecular weight is 500 g/mol. The zero-order chi connectivity index (χ0) is 26.0. The number of hydrogen-bond acceptors (Lipinski definition) is 6. The number of amides is 3. The number of piperidine rings is 1. The smallest absolute Gasteiger partial charge is 0.243 e. The Bertz CT molecular complexity index is 1300. The number of aromatic nitrogens is 1. The van der Waals surface area contributed by atoms with E-state index in [1.165, 1.54) is 0 Å². The quantitative estimate of drug-likeness (QED) is 0.407. The number of pyridine rings is 1. The number of hydrogen-bond donors (Lipinski definition) is 3. The Morgan fingerprint density at radius 2 is 1.76 bits per heavy atom. The van der Waals surface area contributed by atoms with Gasteiger partial charge in [-0.25, -0.2) is 4.98 Å². The normalized spacial score (nSPS) is 21.6. The third kappa shape index (κ3) is 5.55. The number of ether oxygens (including phenoxy) is 1. The van der Waals surface area contributed by atoms with E-state index >= 15 is 0 Å². The van der Waals surface area contributed by atoms with E-state index in [4.69, 9.17) is 10.5 Å². The molecule has 3 aromatic rings. The summed E-state index contributed by atoms with van der Waals surface area (Å²) in [6.07, 6.45) is 2.70. The largest absolute Gasteiger partial charge is 0.457 e. The number of nitrogens with zero attached hydrogens (tertiary/aromatic N) is 2. The third-order valence-corrected chi connectivity index (χ3v) is 6.97. The van der Waals surface area contributed by atoms with Gasteiger partial charge in [-0.2, -0.15) is 0 Å². The monoisotopic (exact) mass is 499 g/mol. The van der Waals surface area contributed by atoms with Crippen molar-refractivity contribution in [2.24, 2.45) is 5.41 Å². The first-order valence-electron chi connectivity index (χ1n) is 12.2. The van der Waals surface area contributed by atoms with E-state index in [1.54, 1.807) is 47.5 Å². The number of nitrogens with one attached hydrogen (secondary N) is 2. The molecule has 1 saturated carbocycles. The Hall–Kier alpha value is -4.40. The average Bonchev–Trinajstić information content (AvgIpc) is 3.45. The second kappa shape index (κ2) is 9.93. The minimum absolute atomic E-state index is 0.0174. The summed E-state index contributed by atoms with van der Waals surface area (Å²) in [6, 6.07) is 19.2. The first-order chi connectivity index (χ1) is 17.8. The van der Waals surface area contributed by atoms with Gasteiger partial charge in [0.1, 0.15) is 29.8 Å². The van der Waals surface area contributed by atoms with Gasteiger partial charge in [-0.05, 0) is 66.3 Å². The van der Waals surface area contributed by atoms with E-state index in [1.807, 2.05) is 30.3 Å². The number of nitrogens with two attached hydrogens (primary N) is 1. The number of carbonyl (C=O) groups is 3. The molecule has 1 saturated heterocycles. The standard InChI is InChI=1S/C28H29N5O4/c1-28-14-22(27(36)31-17-18-7-12-24(29)30-16-18)33(23(28)15-28)26(35)13-25(34)32-19-8-10-21(11-9-19)37-20-5-3-2-4-6-20/h2-12,16,22-23H,13-15,17H2,1H3,(H2,29,30)(H,31,36)(H,32,34)/t22-,23-,28+/m0/s1.